The van der Waals surface area contributed by atoms with E-state index in [-0.39, 0.29) is 0 Å². The summed E-state index contributed by atoms with van der Waals surface area (Å²) in [4.78, 5) is 5.06. The van der Waals surface area contributed by atoms with Crippen LogP contribution in [0.25, 0.3) is 0 Å². The first-order valence-corrected chi connectivity index (χ1v) is 8.82. The van der Waals surface area contributed by atoms with Crippen molar-refractivity contribution in [2.24, 2.45) is 0 Å². The van der Waals surface area contributed by atoms with E-state index < -0.39 is 0 Å². The van der Waals surface area contributed by atoms with Gasteiger partial charge in [-0.3, -0.25) is 9.80 Å². The first kappa shape index (κ1) is 15.2. The number of hydrogen-bond acceptors (Lipinski definition) is 5. The van der Waals surface area contributed by atoms with Crippen molar-refractivity contribution in [3.8, 4) is 11.5 Å². The molecule has 1 aromatic carbocycles. The van der Waals surface area contributed by atoms with E-state index in [0.29, 0.717) is 0 Å². The Bertz CT molecular complexity index is 543. The van der Waals surface area contributed by atoms with E-state index in [1.165, 1.54) is 11.1 Å². The van der Waals surface area contributed by atoms with Crippen LogP contribution in [-0.2, 0) is 17.7 Å². The van der Waals surface area contributed by atoms with Crippen molar-refractivity contribution in [1.29, 1.82) is 0 Å². The minimum absolute atomic E-state index is 0.756. The summed E-state index contributed by atoms with van der Waals surface area (Å²) in [5, 5.41) is 0. The fourth-order valence-electron chi connectivity index (χ4n) is 3.57. The number of benzene rings is 1. The Morgan fingerprint density at radius 2 is 1.48 bits per heavy atom. The molecule has 126 valence electrons. The standard InChI is InChI=1S/C18H26N2O3/c1-8-22-17-12-15-2-3-20(5-4-19-6-10-21-11-7-19)14-16(15)13-18(17)23-9-1/h12-13H,1-11,14H2. The van der Waals surface area contributed by atoms with Gasteiger partial charge in [0, 0.05) is 45.7 Å². The lowest BCUT2D eigenvalue weighted by Crippen LogP contribution is -2.42. The lowest BCUT2D eigenvalue weighted by Gasteiger charge is -2.33. The van der Waals surface area contributed by atoms with Crippen molar-refractivity contribution >= 4 is 0 Å². The van der Waals surface area contributed by atoms with Crippen LogP contribution < -0.4 is 9.47 Å². The molecule has 0 aliphatic carbocycles. The van der Waals surface area contributed by atoms with Gasteiger partial charge in [-0.25, -0.2) is 0 Å². The average Bonchev–Trinajstić information content (AvgIpc) is 2.83. The van der Waals surface area contributed by atoms with Crippen LogP contribution >= 0.6 is 0 Å². The summed E-state index contributed by atoms with van der Waals surface area (Å²) in [5.74, 6) is 1.86. The summed E-state index contributed by atoms with van der Waals surface area (Å²) in [7, 11) is 0. The van der Waals surface area contributed by atoms with Crippen molar-refractivity contribution < 1.29 is 14.2 Å². The molecule has 3 aliphatic rings. The fourth-order valence-corrected chi connectivity index (χ4v) is 3.57. The van der Waals surface area contributed by atoms with Crippen molar-refractivity contribution in [3.05, 3.63) is 23.3 Å². The Kier molecular flexibility index (Phi) is 4.69. The topological polar surface area (TPSA) is 34.2 Å². The molecular weight excluding hydrogens is 292 g/mol. The highest BCUT2D eigenvalue weighted by molar-refractivity contribution is 5.48. The van der Waals surface area contributed by atoms with Gasteiger partial charge in [-0.15, -0.1) is 0 Å². The maximum atomic E-state index is 5.84. The van der Waals surface area contributed by atoms with E-state index in [4.69, 9.17) is 14.2 Å². The highest BCUT2D eigenvalue weighted by atomic mass is 16.5. The predicted molar refractivity (Wildman–Crippen MR) is 88.3 cm³/mol. The molecule has 4 rings (SSSR count). The molecule has 0 atom stereocenters. The number of hydrogen-bond donors (Lipinski definition) is 0. The summed E-state index contributed by atoms with van der Waals surface area (Å²) < 4.78 is 17.1. The molecule has 0 N–H and O–H groups in total. The van der Waals surface area contributed by atoms with E-state index in [9.17, 15) is 0 Å². The molecule has 23 heavy (non-hydrogen) atoms. The number of morpholine rings is 1. The monoisotopic (exact) mass is 318 g/mol. The van der Waals surface area contributed by atoms with Gasteiger partial charge in [0.1, 0.15) is 0 Å². The van der Waals surface area contributed by atoms with Gasteiger partial charge in [0.05, 0.1) is 26.4 Å². The Balaban J connectivity index is 1.39. The maximum absolute atomic E-state index is 5.84. The van der Waals surface area contributed by atoms with Crippen LogP contribution in [-0.4, -0.2) is 69.0 Å². The third kappa shape index (κ3) is 3.62. The van der Waals surface area contributed by atoms with E-state index in [2.05, 4.69) is 21.9 Å². The Labute approximate surface area is 138 Å². The zero-order chi connectivity index (χ0) is 15.5. The molecule has 0 saturated carbocycles. The van der Waals surface area contributed by atoms with Crippen LogP contribution in [0.5, 0.6) is 11.5 Å². The minimum atomic E-state index is 0.756. The van der Waals surface area contributed by atoms with Gasteiger partial charge in [-0.05, 0) is 29.7 Å². The molecule has 5 heteroatoms. The molecular formula is C18H26N2O3. The van der Waals surface area contributed by atoms with Gasteiger partial charge < -0.3 is 14.2 Å². The van der Waals surface area contributed by atoms with Crippen LogP contribution in [0.4, 0.5) is 0 Å². The van der Waals surface area contributed by atoms with Crippen LogP contribution in [0.3, 0.4) is 0 Å². The van der Waals surface area contributed by atoms with Crippen LogP contribution in [0.1, 0.15) is 17.5 Å². The molecule has 0 bridgehead atoms. The number of ether oxygens (including phenoxy) is 3. The van der Waals surface area contributed by atoms with Gasteiger partial charge in [-0.1, -0.05) is 0 Å². The largest absolute Gasteiger partial charge is 0.490 e. The third-order valence-electron chi connectivity index (χ3n) is 5.00. The van der Waals surface area contributed by atoms with Crippen molar-refractivity contribution in [3.63, 3.8) is 0 Å². The van der Waals surface area contributed by atoms with E-state index >= 15 is 0 Å². The second-order valence-electron chi connectivity index (χ2n) is 6.60. The molecule has 1 aromatic rings. The second-order valence-corrected chi connectivity index (χ2v) is 6.60. The number of rotatable bonds is 3. The molecule has 1 fully saturated rings. The average molecular weight is 318 g/mol. The molecule has 1 saturated heterocycles. The zero-order valence-corrected chi connectivity index (χ0v) is 13.8. The van der Waals surface area contributed by atoms with Gasteiger partial charge in [0.2, 0.25) is 0 Å². The van der Waals surface area contributed by atoms with Crippen LogP contribution in [0.15, 0.2) is 12.1 Å². The Morgan fingerprint density at radius 1 is 0.783 bits per heavy atom. The van der Waals surface area contributed by atoms with Crippen LogP contribution in [0.2, 0.25) is 0 Å². The summed E-state index contributed by atoms with van der Waals surface area (Å²) in [6, 6.07) is 4.41. The summed E-state index contributed by atoms with van der Waals surface area (Å²) in [6.07, 6.45) is 2.07. The number of fused-ring (bicyclic) bond motifs is 2. The third-order valence-corrected chi connectivity index (χ3v) is 5.00. The molecule has 0 radical (unpaired) electrons. The van der Waals surface area contributed by atoms with Crippen molar-refractivity contribution in [2.75, 3.05) is 59.2 Å². The smallest absolute Gasteiger partial charge is 0.161 e. The fraction of sp³-hybridized carbons (Fsp3) is 0.667. The zero-order valence-electron chi connectivity index (χ0n) is 13.8. The lowest BCUT2D eigenvalue weighted by molar-refractivity contribution is 0.0326. The van der Waals surface area contributed by atoms with Crippen LogP contribution in [0, 0.1) is 0 Å². The maximum Gasteiger partial charge on any atom is 0.161 e. The molecule has 0 aromatic heterocycles. The second kappa shape index (κ2) is 7.07. The van der Waals surface area contributed by atoms with Gasteiger partial charge in [0.25, 0.3) is 0 Å². The van der Waals surface area contributed by atoms with E-state index in [0.717, 1.165) is 90.0 Å². The quantitative estimate of drug-likeness (QED) is 0.844. The van der Waals surface area contributed by atoms with Gasteiger partial charge in [-0.2, -0.15) is 0 Å². The Hall–Kier alpha value is -1.30. The minimum Gasteiger partial charge on any atom is -0.490 e. The SMILES string of the molecule is c1c2c(cc3c1OCCCO3)CN(CCN1CCOCC1)CC2. The predicted octanol–water partition coefficient (Wildman–Crippen LogP) is 1.54. The molecule has 0 spiro atoms. The summed E-state index contributed by atoms with van der Waals surface area (Å²) in [5.41, 5.74) is 2.83. The molecule has 0 unspecified atom stereocenters. The Morgan fingerprint density at radius 3 is 2.26 bits per heavy atom. The van der Waals surface area contributed by atoms with Gasteiger partial charge in [0.15, 0.2) is 11.5 Å². The number of nitrogens with zero attached hydrogens (tertiary/aromatic N) is 2. The molecule has 0 amide bonds. The van der Waals surface area contributed by atoms with E-state index in [1.54, 1.807) is 0 Å². The molecule has 3 heterocycles. The summed E-state index contributed by atoms with van der Waals surface area (Å²) >= 11 is 0. The lowest BCUT2D eigenvalue weighted by atomic mass is 9.99. The molecule has 5 nitrogen and oxygen atoms in total. The highest BCUT2D eigenvalue weighted by Gasteiger charge is 2.21. The highest BCUT2D eigenvalue weighted by Crippen LogP contribution is 2.35. The normalized spacial score (nSPS) is 22.4. The van der Waals surface area contributed by atoms with Crippen molar-refractivity contribution in [1.82, 2.24) is 9.80 Å². The first-order chi connectivity index (χ1) is 11.4. The van der Waals surface area contributed by atoms with Gasteiger partial charge >= 0.3 is 0 Å². The van der Waals surface area contributed by atoms with Crippen molar-refractivity contribution in [2.45, 2.75) is 19.4 Å². The first-order valence-electron chi connectivity index (χ1n) is 8.82. The molecule has 3 aliphatic heterocycles. The summed E-state index contributed by atoms with van der Waals surface area (Å²) in [6.45, 7) is 9.86. The van der Waals surface area contributed by atoms with E-state index in [1.807, 2.05) is 0 Å².